The number of hydrogen-bond donors (Lipinski definition) is 1. The third-order valence-electron chi connectivity index (χ3n) is 7.39. The number of Topliss-reactive ketones (excluding diaryl/α,β-unsaturated/α-hetero) is 1. The summed E-state index contributed by atoms with van der Waals surface area (Å²) in [5.74, 6) is -0.348. The summed E-state index contributed by atoms with van der Waals surface area (Å²) in [6.07, 6.45) is 0. The van der Waals surface area contributed by atoms with Crippen molar-refractivity contribution in [1.82, 2.24) is 10.2 Å². The van der Waals surface area contributed by atoms with Crippen molar-refractivity contribution in [2.24, 2.45) is 0 Å². The van der Waals surface area contributed by atoms with Crippen LogP contribution in [0.5, 0.6) is 11.5 Å². The number of aliphatic hydroxyl groups excluding tert-OH is 1. The fourth-order valence-electron chi connectivity index (χ4n) is 5.00. The van der Waals surface area contributed by atoms with Gasteiger partial charge in [-0.3, -0.25) is 14.5 Å². The largest absolute Gasteiger partial charge is 0.507 e. The van der Waals surface area contributed by atoms with Crippen LogP contribution in [0.15, 0.2) is 111 Å². The molecule has 2 heterocycles. The van der Waals surface area contributed by atoms with Gasteiger partial charge in [0.05, 0.1) is 18.7 Å². The maximum Gasteiger partial charge on any atom is 0.301 e. The van der Waals surface area contributed by atoms with Crippen LogP contribution in [-0.4, -0.2) is 34.1 Å². The number of ketones is 1. The Bertz CT molecular complexity index is 1910. The highest BCUT2D eigenvalue weighted by Gasteiger charge is 2.48. The second-order valence-electron chi connectivity index (χ2n) is 10.5. The second kappa shape index (κ2) is 13.9. The van der Waals surface area contributed by atoms with Gasteiger partial charge in [-0.2, -0.15) is 0 Å². The third-order valence-corrected chi connectivity index (χ3v) is 10.0. The van der Waals surface area contributed by atoms with Crippen LogP contribution >= 0.6 is 39.0 Å². The topological polar surface area (TPSA) is 102 Å². The molecule has 0 saturated carbocycles. The van der Waals surface area contributed by atoms with Gasteiger partial charge in [-0.15, -0.1) is 10.2 Å². The fraction of sp³-hybridized carbons (Fsp3) is 0.143. The summed E-state index contributed by atoms with van der Waals surface area (Å²) in [7, 11) is 1.52. The van der Waals surface area contributed by atoms with Crippen LogP contribution in [-0.2, 0) is 21.9 Å². The van der Waals surface area contributed by atoms with Crippen LogP contribution in [0, 0.1) is 6.92 Å². The molecule has 4 aromatic carbocycles. The minimum absolute atomic E-state index is 0.0589. The number of halogens is 1. The summed E-state index contributed by atoms with van der Waals surface area (Å²) in [6, 6.07) is 29.0. The average molecular weight is 715 g/mol. The monoisotopic (exact) mass is 713 g/mol. The number of nitrogens with zero attached hydrogens (tertiary/aromatic N) is 3. The van der Waals surface area contributed by atoms with Crippen molar-refractivity contribution < 1.29 is 24.2 Å². The second-order valence-corrected chi connectivity index (χ2v) is 13.6. The number of carbonyl (C=O) groups excluding carboxylic acids is 2. The summed E-state index contributed by atoms with van der Waals surface area (Å²) >= 11 is 6.11. The van der Waals surface area contributed by atoms with Crippen molar-refractivity contribution in [3.05, 3.63) is 135 Å². The lowest BCUT2D eigenvalue weighted by Crippen LogP contribution is -2.29. The van der Waals surface area contributed by atoms with Gasteiger partial charge in [-0.1, -0.05) is 117 Å². The van der Waals surface area contributed by atoms with Gasteiger partial charge in [0.1, 0.15) is 12.4 Å². The van der Waals surface area contributed by atoms with Crippen LogP contribution in [0.25, 0.3) is 5.76 Å². The predicted octanol–water partition coefficient (Wildman–Crippen LogP) is 8.12. The van der Waals surface area contributed by atoms with Gasteiger partial charge in [0, 0.05) is 15.8 Å². The molecular formula is C35H28BrN3O5S2. The molecule has 1 atom stereocenters. The Morgan fingerprint density at radius 2 is 1.67 bits per heavy atom. The first-order valence-corrected chi connectivity index (χ1v) is 16.9. The fourth-order valence-corrected chi connectivity index (χ4v) is 7.09. The summed E-state index contributed by atoms with van der Waals surface area (Å²) in [6.45, 7) is 2.36. The van der Waals surface area contributed by atoms with Crippen molar-refractivity contribution in [3.63, 3.8) is 0 Å². The van der Waals surface area contributed by atoms with Crippen molar-refractivity contribution in [2.45, 2.75) is 29.7 Å². The van der Waals surface area contributed by atoms with E-state index in [1.807, 2.05) is 37.3 Å². The molecule has 1 saturated heterocycles. The number of aromatic nitrogens is 2. The first kappa shape index (κ1) is 31.5. The highest BCUT2D eigenvalue weighted by molar-refractivity contribution is 9.10. The van der Waals surface area contributed by atoms with E-state index in [2.05, 4.69) is 50.4 Å². The minimum atomic E-state index is -0.997. The molecule has 1 fully saturated rings. The van der Waals surface area contributed by atoms with Crippen molar-refractivity contribution in [2.75, 3.05) is 12.0 Å². The highest BCUT2D eigenvalue weighted by Crippen LogP contribution is 2.45. The molecule has 11 heteroatoms. The van der Waals surface area contributed by atoms with Gasteiger partial charge < -0.3 is 14.6 Å². The molecule has 5 aromatic rings. The van der Waals surface area contributed by atoms with E-state index < -0.39 is 17.7 Å². The van der Waals surface area contributed by atoms with E-state index in [4.69, 9.17) is 9.47 Å². The van der Waals surface area contributed by atoms with E-state index in [9.17, 15) is 14.7 Å². The van der Waals surface area contributed by atoms with Crippen molar-refractivity contribution in [3.8, 4) is 11.5 Å². The number of thioether (sulfide) groups is 1. The average Bonchev–Trinajstić information content (AvgIpc) is 3.65. The van der Waals surface area contributed by atoms with Gasteiger partial charge >= 0.3 is 5.91 Å². The van der Waals surface area contributed by atoms with E-state index in [0.29, 0.717) is 39.3 Å². The van der Waals surface area contributed by atoms with Crippen molar-refractivity contribution >= 4 is 61.6 Å². The molecule has 8 nitrogen and oxygen atoms in total. The summed E-state index contributed by atoms with van der Waals surface area (Å²) in [5, 5.41) is 20.4. The molecule has 1 aliphatic rings. The van der Waals surface area contributed by atoms with Crippen LogP contribution < -0.4 is 14.4 Å². The van der Waals surface area contributed by atoms with Crippen LogP contribution in [0.1, 0.15) is 33.9 Å². The zero-order valence-electron chi connectivity index (χ0n) is 24.8. The Labute approximate surface area is 282 Å². The lowest BCUT2D eigenvalue weighted by atomic mass is 9.95. The molecule has 0 aliphatic carbocycles. The Morgan fingerprint density at radius 3 is 2.39 bits per heavy atom. The SMILES string of the molecule is COc1cc(C2/C(=C(/O)c3ccc(Br)cc3)C(=O)C(=O)N2c2nnc(SCc3ccc(C)cc3)s2)ccc1OCc1ccccc1. The van der Waals surface area contributed by atoms with Crippen LogP contribution in [0.4, 0.5) is 5.13 Å². The number of benzene rings is 4. The van der Waals surface area contributed by atoms with Gasteiger partial charge in [0.25, 0.3) is 5.78 Å². The minimum Gasteiger partial charge on any atom is -0.507 e. The summed E-state index contributed by atoms with van der Waals surface area (Å²) < 4.78 is 13.2. The molecule has 0 spiro atoms. The zero-order chi connectivity index (χ0) is 32.2. The summed E-state index contributed by atoms with van der Waals surface area (Å²) in [5.41, 5.74) is 4.17. The lowest BCUT2D eigenvalue weighted by Gasteiger charge is -2.23. The number of hydrogen-bond acceptors (Lipinski definition) is 9. The third kappa shape index (κ3) is 6.72. The maximum atomic E-state index is 13.7. The molecule has 1 unspecified atom stereocenters. The van der Waals surface area contributed by atoms with Gasteiger partial charge in [-0.05, 0) is 47.9 Å². The molecule has 46 heavy (non-hydrogen) atoms. The van der Waals surface area contributed by atoms with E-state index >= 15 is 0 Å². The maximum absolute atomic E-state index is 13.7. The van der Waals surface area contributed by atoms with Gasteiger partial charge in [-0.25, -0.2) is 0 Å². The molecule has 232 valence electrons. The lowest BCUT2D eigenvalue weighted by molar-refractivity contribution is -0.132. The summed E-state index contributed by atoms with van der Waals surface area (Å²) in [4.78, 5) is 28.7. The van der Waals surface area contributed by atoms with Gasteiger partial charge in [0.15, 0.2) is 15.8 Å². The Balaban J connectivity index is 1.37. The number of ether oxygens (including phenoxy) is 2. The highest BCUT2D eigenvalue weighted by atomic mass is 79.9. The normalized spacial score (nSPS) is 15.7. The van der Waals surface area contributed by atoms with E-state index in [1.165, 1.54) is 40.7 Å². The van der Waals surface area contributed by atoms with E-state index in [1.54, 1.807) is 42.5 Å². The zero-order valence-corrected chi connectivity index (χ0v) is 28.1. The van der Waals surface area contributed by atoms with Crippen molar-refractivity contribution in [1.29, 1.82) is 0 Å². The number of carbonyl (C=O) groups is 2. The molecule has 0 radical (unpaired) electrons. The smallest absolute Gasteiger partial charge is 0.301 e. The van der Waals surface area contributed by atoms with E-state index in [-0.39, 0.29) is 16.5 Å². The first-order chi connectivity index (χ1) is 22.3. The number of aliphatic hydroxyl groups is 1. The molecule has 1 N–H and O–H groups in total. The number of amides is 1. The molecule has 1 aromatic heterocycles. The standard InChI is InChI=1S/C35H28BrN3O5S2/c1-21-8-10-23(11-9-21)20-45-35-38-37-34(46-35)39-30(29(32(41)33(39)42)31(40)24-12-15-26(36)16-13-24)25-14-17-27(28(18-25)43-2)44-19-22-6-4-3-5-7-22/h3-18,30,40H,19-20H2,1-2H3/b31-29-. The number of aryl methyl sites for hydroxylation is 1. The quantitative estimate of drug-likeness (QED) is 0.0509. The van der Waals surface area contributed by atoms with Crippen LogP contribution in [0.2, 0.25) is 0 Å². The number of anilines is 1. The molecule has 1 amide bonds. The predicted molar refractivity (Wildman–Crippen MR) is 183 cm³/mol. The molecule has 0 bridgehead atoms. The van der Waals surface area contributed by atoms with E-state index in [0.717, 1.165) is 15.6 Å². The molecular weight excluding hydrogens is 686 g/mol. The number of methoxy groups -OCH3 is 1. The Kier molecular flexibility index (Phi) is 9.53. The number of rotatable bonds is 10. The van der Waals surface area contributed by atoms with Gasteiger partial charge in [0.2, 0.25) is 5.13 Å². The Hall–Kier alpha value is -4.45. The molecule has 6 rings (SSSR count). The molecule has 1 aliphatic heterocycles. The van der Waals surface area contributed by atoms with Crippen LogP contribution in [0.3, 0.4) is 0 Å². The Morgan fingerprint density at radius 1 is 0.935 bits per heavy atom. The first-order valence-electron chi connectivity index (χ1n) is 14.3.